The summed E-state index contributed by atoms with van der Waals surface area (Å²) in [5.74, 6) is 0.238. The third kappa shape index (κ3) is 5.56. The second kappa shape index (κ2) is 8.94. The summed E-state index contributed by atoms with van der Waals surface area (Å²) in [5, 5.41) is 0. The van der Waals surface area contributed by atoms with Crippen molar-refractivity contribution >= 4 is 29.1 Å². The van der Waals surface area contributed by atoms with Crippen molar-refractivity contribution in [2.45, 2.75) is 46.1 Å². The van der Waals surface area contributed by atoms with Crippen molar-refractivity contribution in [1.82, 2.24) is 0 Å². The highest BCUT2D eigenvalue weighted by molar-refractivity contribution is 7.14. The molecule has 0 spiro atoms. The molecular weight excluding hydrogens is 370 g/mol. The molecular formula is C27H31NS. The van der Waals surface area contributed by atoms with Gasteiger partial charge in [0.05, 0.1) is 0 Å². The van der Waals surface area contributed by atoms with Gasteiger partial charge in [-0.2, -0.15) is 0 Å². The van der Waals surface area contributed by atoms with E-state index in [2.05, 4.69) is 114 Å². The molecule has 0 saturated carbocycles. The van der Waals surface area contributed by atoms with E-state index in [4.69, 9.17) is 5.73 Å². The lowest BCUT2D eigenvalue weighted by molar-refractivity contribution is 0.490. The third-order valence-corrected chi connectivity index (χ3v) is 6.78. The molecule has 0 fully saturated rings. The molecule has 0 saturated heterocycles. The van der Waals surface area contributed by atoms with E-state index in [1.807, 2.05) is 0 Å². The van der Waals surface area contributed by atoms with Gasteiger partial charge in [-0.15, -0.1) is 11.3 Å². The van der Waals surface area contributed by atoms with Crippen molar-refractivity contribution in [3.05, 3.63) is 98.7 Å². The molecule has 0 aliphatic heterocycles. The Morgan fingerprint density at radius 2 is 1.52 bits per heavy atom. The van der Waals surface area contributed by atoms with Gasteiger partial charge in [0.25, 0.3) is 0 Å². The largest absolute Gasteiger partial charge is 0.322 e. The van der Waals surface area contributed by atoms with E-state index in [1.54, 1.807) is 11.3 Å². The summed E-state index contributed by atoms with van der Waals surface area (Å²) in [4.78, 5) is 2.51. The maximum absolute atomic E-state index is 6.67. The molecule has 150 valence electrons. The number of hydrogen-bond acceptors (Lipinski definition) is 2. The standard InChI is InChI=1S/C27H31NS/c1-19-6-10-23(11-7-19)18-21(3)26-15-14-25(29-26)16-17-27(5,28)22(4)24-12-8-20(2)9-13-24/h6-18,22H,28H2,1-5H3/b17-16+,21-18+. The summed E-state index contributed by atoms with van der Waals surface area (Å²) >= 11 is 1.80. The molecule has 0 aliphatic carbocycles. The molecule has 2 heteroatoms. The monoisotopic (exact) mass is 401 g/mol. The van der Waals surface area contributed by atoms with Crippen LogP contribution in [0.15, 0.2) is 66.7 Å². The Morgan fingerprint density at radius 1 is 0.931 bits per heavy atom. The van der Waals surface area contributed by atoms with E-state index in [1.165, 1.54) is 37.6 Å². The first-order valence-electron chi connectivity index (χ1n) is 10.1. The van der Waals surface area contributed by atoms with Crippen LogP contribution in [-0.4, -0.2) is 5.54 Å². The summed E-state index contributed by atoms with van der Waals surface area (Å²) in [5.41, 5.74) is 12.6. The van der Waals surface area contributed by atoms with Crippen LogP contribution in [-0.2, 0) is 0 Å². The van der Waals surface area contributed by atoms with Gasteiger partial charge in [-0.25, -0.2) is 0 Å². The van der Waals surface area contributed by atoms with Crippen LogP contribution < -0.4 is 5.73 Å². The Kier molecular flexibility index (Phi) is 6.56. The van der Waals surface area contributed by atoms with Crippen LogP contribution in [0.3, 0.4) is 0 Å². The quantitative estimate of drug-likeness (QED) is 0.456. The zero-order chi connectivity index (χ0) is 21.0. The van der Waals surface area contributed by atoms with Crippen molar-refractivity contribution in [2.24, 2.45) is 5.73 Å². The lowest BCUT2D eigenvalue weighted by Gasteiger charge is -2.29. The third-order valence-electron chi connectivity index (χ3n) is 5.59. The zero-order valence-corrected chi connectivity index (χ0v) is 18.9. The Bertz CT molecular complexity index is 1000. The number of aryl methyl sites for hydroxylation is 2. The molecule has 2 aromatic carbocycles. The summed E-state index contributed by atoms with van der Waals surface area (Å²) in [6.45, 7) is 10.7. The molecule has 0 aliphatic rings. The maximum atomic E-state index is 6.67. The van der Waals surface area contributed by atoms with Crippen LogP contribution in [0.4, 0.5) is 0 Å². The predicted molar refractivity (Wildman–Crippen MR) is 130 cm³/mol. The molecule has 0 amide bonds. The van der Waals surface area contributed by atoms with Crippen molar-refractivity contribution < 1.29 is 0 Å². The van der Waals surface area contributed by atoms with Crippen LogP contribution in [0.25, 0.3) is 17.7 Å². The topological polar surface area (TPSA) is 26.0 Å². The predicted octanol–water partition coefficient (Wildman–Crippen LogP) is 7.46. The average Bonchev–Trinajstić information content (AvgIpc) is 3.18. The number of rotatable bonds is 6. The fraction of sp³-hybridized carbons (Fsp3) is 0.259. The highest BCUT2D eigenvalue weighted by Crippen LogP contribution is 2.30. The Hall–Kier alpha value is -2.42. The highest BCUT2D eigenvalue weighted by atomic mass is 32.1. The molecule has 3 aromatic rings. The van der Waals surface area contributed by atoms with Gasteiger partial charge < -0.3 is 5.73 Å². The lowest BCUT2D eigenvalue weighted by Crippen LogP contribution is -2.39. The maximum Gasteiger partial charge on any atom is 0.0380 e. The van der Waals surface area contributed by atoms with Crippen LogP contribution in [0.5, 0.6) is 0 Å². The van der Waals surface area contributed by atoms with Gasteiger partial charge in [-0.1, -0.05) is 78.7 Å². The van der Waals surface area contributed by atoms with Gasteiger partial charge in [0.1, 0.15) is 0 Å². The van der Waals surface area contributed by atoms with Gasteiger partial charge in [-0.3, -0.25) is 0 Å². The molecule has 29 heavy (non-hydrogen) atoms. The zero-order valence-electron chi connectivity index (χ0n) is 18.1. The molecule has 3 rings (SSSR count). The first-order valence-corrected chi connectivity index (χ1v) is 11.0. The van der Waals surface area contributed by atoms with Crippen LogP contribution in [0, 0.1) is 13.8 Å². The van der Waals surface area contributed by atoms with E-state index >= 15 is 0 Å². The second-order valence-corrected chi connectivity index (χ2v) is 9.39. The molecule has 2 atom stereocenters. The molecule has 1 nitrogen and oxygen atoms in total. The van der Waals surface area contributed by atoms with Crippen molar-refractivity contribution in [1.29, 1.82) is 0 Å². The minimum absolute atomic E-state index is 0.238. The summed E-state index contributed by atoms with van der Waals surface area (Å²) < 4.78 is 0. The minimum atomic E-state index is -0.411. The van der Waals surface area contributed by atoms with E-state index in [0.29, 0.717) is 0 Å². The fourth-order valence-corrected chi connectivity index (χ4v) is 4.14. The highest BCUT2D eigenvalue weighted by Gasteiger charge is 2.24. The second-order valence-electron chi connectivity index (χ2n) is 8.27. The van der Waals surface area contributed by atoms with Gasteiger partial charge in [0.15, 0.2) is 0 Å². The van der Waals surface area contributed by atoms with Crippen molar-refractivity contribution in [2.75, 3.05) is 0 Å². The van der Waals surface area contributed by atoms with Crippen molar-refractivity contribution in [3.63, 3.8) is 0 Å². The number of nitrogens with two attached hydrogens (primary N) is 1. The molecule has 1 aromatic heterocycles. The average molecular weight is 402 g/mol. The van der Waals surface area contributed by atoms with E-state index < -0.39 is 5.54 Å². The smallest absolute Gasteiger partial charge is 0.0380 e. The summed E-state index contributed by atoms with van der Waals surface area (Å²) in [7, 11) is 0. The normalized spacial score (nSPS) is 15.4. The van der Waals surface area contributed by atoms with Gasteiger partial charge in [0.2, 0.25) is 0 Å². The molecule has 2 unspecified atom stereocenters. The molecule has 0 bridgehead atoms. The first-order chi connectivity index (χ1) is 13.7. The van der Waals surface area contributed by atoms with Crippen LogP contribution in [0.1, 0.15) is 58.7 Å². The number of hydrogen-bond donors (Lipinski definition) is 1. The van der Waals surface area contributed by atoms with Gasteiger partial charge in [0, 0.05) is 21.2 Å². The minimum Gasteiger partial charge on any atom is -0.322 e. The van der Waals surface area contributed by atoms with Crippen LogP contribution in [0.2, 0.25) is 0 Å². The molecule has 2 N–H and O–H groups in total. The number of allylic oxidation sites excluding steroid dienone is 1. The van der Waals surface area contributed by atoms with E-state index in [0.717, 1.165) is 0 Å². The Balaban J connectivity index is 1.73. The van der Waals surface area contributed by atoms with E-state index in [9.17, 15) is 0 Å². The SMILES string of the molecule is C/C(=C\c1ccc(C)cc1)c1ccc(/C=C/C(C)(N)C(C)c2ccc(C)cc2)s1. The fourth-order valence-electron chi connectivity index (χ4n) is 3.26. The molecule has 1 heterocycles. The lowest BCUT2D eigenvalue weighted by atomic mass is 9.82. The van der Waals surface area contributed by atoms with Crippen molar-refractivity contribution in [3.8, 4) is 0 Å². The first kappa shape index (κ1) is 21.3. The summed E-state index contributed by atoms with van der Waals surface area (Å²) in [6, 6.07) is 21.7. The van der Waals surface area contributed by atoms with E-state index in [-0.39, 0.29) is 5.92 Å². The Labute approximate surface area is 179 Å². The molecule has 0 radical (unpaired) electrons. The Morgan fingerprint density at radius 3 is 2.14 bits per heavy atom. The summed E-state index contributed by atoms with van der Waals surface area (Å²) in [6.07, 6.45) is 6.55. The van der Waals surface area contributed by atoms with Gasteiger partial charge in [-0.05, 0) is 62.6 Å². The van der Waals surface area contributed by atoms with Gasteiger partial charge >= 0.3 is 0 Å². The number of benzene rings is 2. The van der Waals surface area contributed by atoms with Crippen LogP contribution >= 0.6 is 11.3 Å². The number of thiophene rings is 1.